The van der Waals surface area contributed by atoms with Gasteiger partial charge in [0.2, 0.25) is 0 Å². The molecule has 1 amide bonds. The van der Waals surface area contributed by atoms with Gasteiger partial charge in [-0.15, -0.1) is 0 Å². The maximum Gasteiger partial charge on any atom is 0.309 e. The van der Waals surface area contributed by atoms with Gasteiger partial charge in [0, 0.05) is 30.4 Å². The van der Waals surface area contributed by atoms with Crippen molar-refractivity contribution in [3.63, 3.8) is 0 Å². The van der Waals surface area contributed by atoms with E-state index in [1.807, 2.05) is 24.3 Å². The number of rotatable bonds is 5. The van der Waals surface area contributed by atoms with Crippen molar-refractivity contribution in [3.8, 4) is 6.07 Å². The largest absolute Gasteiger partial charge is 0.466 e. The van der Waals surface area contributed by atoms with E-state index in [2.05, 4.69) is 15.5 Å². The predicted octanol–water partition coefficient (Wildman–Crippen LogP) is 2.18. The Bertz CT molecular complexity index is 903. The van der Waals surface area contributed by atoms with Crippen LogP contribution in [0.25, 0.3) is 10.9 Å². The Kier molecular flexibility index (Phi) is 5.71. The zero-order chi connectivity index (χ0) is 19.2. The lowest BCUT2D eigenvalue weighted by atomic mass is 9.96. The third-order valence-corrected chi connectivity index (χ3v) is 4.58. The summed E-state index contributed by atoms with van der Waals surface area (Å²) in [6.07, 6.45) is 4.23. The summed E-state index contributed by atoms with van der Waals surface area (Å²) < 4.78 is 5.03. The summed E-state index contributed by atoms with van der Waals surface area (Å²) >= 11 is 0. The zero-order valence-corrected chi connectivity index (χ0v) is 15.1. The number of benzene rings is 1. The molecule has 1 fully saturated rings. The molecule has 1 aromatic carbocycles. The van der Waals surface area contributed by atoms with Crippen LogP contribution in [0.15, 0.2) is 36.2 Å². The number of aromatic amines is 1. The number of esters is 1. The first-order valence-corrected chi connectivity index (χ1v) is 8.88. The molecular formula is C19H21N5O3. The minimum absolute atomic E-state index is 0.0225. The van der Waals surface area contributed by atoms with Crippen LogP contribution in [0.5, 0.6) is 0 Å². The average molecular weight is 367 g/mol. The lowest BCUT2D eigenvalue weighted by Gasteiger charge is -2.30. The third kappa shape index (κ3) is 4.26. The van der Waals surface area contributed by atoms with Gasteiger partial charge >= 0.3 is 5.97 Å². The van der Waals surface area contributed by atoms with E-state index in [1.54, 1.807) is 18.0 Å². The van der Waals surface area contributed by atoms with Crippen LogP contribution in [0, 0.1) is 17.2 Å². The van der Waals surface area contributed by atoms with Crippen molar-refractivity contribution in [1.82, 2.24) is 15.1 Å². The highest BCUT2D eigenvalue weighted by Crippen LogP contribution is 2.21. The van der Waals surface area contributed by atoms with Crippen molar-refractivity contribution in [2.45, 2.75) is 19.8 Å². The molecule has 0 atom stereocenters. The van der Waals surface area contributed by atoms with Crippen LogP contribution in [0.1, 0.15) is 19.8 Å². The van der Waals surface area contributed by atoms with Crippen LogP contribution in [0.2, 0.25) is 0 Å². The molecule has 0 saturated carbocycles. The Morgan fingerprint density at radius 1 is 1.44 bits per heavy atom. The fourth-order valence-corrected chi connectivity index (χ4v) is 3.07. The number of H-pyrrole nitrogens is 1. The number of amides is 1. The molecule has 0 bridgehead atoms. The number of fused-ring (bicyclic) bond motifs is 1. The number of likely N-dealkylation sites (tertiary alicyclic amines) is 1. The topological polar surface area (TPSA) is 111 Å². The second kappa shape index (κ2) is 8.36. The van der Waals surface area contributed by atoms with Crippen molar-refractivity contribution in [2.75, 3.05) is 25.0 Å². The molecule has 1 aliphatic heterocycles. The van der Waals surface area contributed by atoms with Gasteiger partial charge in [0.15, 0.2) is 0 Å². The summed E-state index contributed by atoms with van der Waals surface area (Å²) in [7, 11) is 0. The van der Waals surface area contributed by atoms with E-state index in [1.165, 1.54) is 6.20 Å². The maximum absolute atomic E-state index is 12.6. The molecule has 0 radical (unpaired) electrons. The lowest BCUT2D eigenvalue weighted by Crippen LogP contribution is -2.41. The highest BCUT2D eigenvalue weighted by Gasteiger charge is 2.29. The molecule has 3 rings (SSSR count). The number of aromatic nitrogens is 2. The van der Waals surface area contributed by atoms with Gasteiger partial charge in [-0.25, -0.2) is 0 Å². The molecule has 1 aliphatic rings. The Balaban J connectivity index is 1.61. The molecule has 0 aliphatic carbocycles. The van der Waals surface area contributed by atoms with E-state index < -0.39 is 0 Å². The second-order valence-corrected chi connectivity index (χ2v) is 6.30. The van der Waals surface area contributed by atoms with Crippen molar-refractivity contribution in [1.29, 1.82) is 5.26 Å². The van der Waals surface area contributed by atoms with Crippen LogP contribution in [-0.4, -0.2) is 46.7 Å². The number of hydrogen-bond donors (Lipinski definition) is 2. The van der Waals surface area contributed by atoms with Crippen molar-refractivity contribution in [3.05, 3.63) is 36.2 Å². The molecular weight excluding hydrogens is 346 g/mol. The van der Waals surface area contributed by atoms with Gasteiger partial charge < -0.3 is 15.0 Å². The van der Waals surface area contributed by atoms with E-state index in [0.717, 1.165) is 16.6 Å². The highest BCUT2D eigenvalue weighted by atomic mass is 16.5. The van der Waals surface area contributed by atoms with Crippen LogP contribution in [0.3, 0.4) is 0 Å². The summed E-state index contributed by atoms with van der Waals surface area (Å²) in [6, 6.07) is 7.54. The van der Waals surface area contributed by atoms with Gasteiger partial charge in [0.1, 0.15) is 11.6 Å². The number of hydrogen-bond acceptors (Lipinski definition) is 6. The van der Waals surface area contributed by atoms with Gasteiger partial charge in [-0.1, -0.05) is 0 Å². The maximum atomic E-state index is 12.6. The molecule has 2 N–H and O–H groups in total. The van der Waals surface area contributed by atoms with Crippen LogP contribution in [0.4, 0.5) is 5.69 Å². The van der Waals surface area contributed by atoms with E-state index in [-0.39, 0.29) is 23.4 Å². The van der Waals surface area contributed by atoms with Gasteiger partial charge in [-0.3, -0.25) is 14.7 Å². The minimum Gasteiger partial charge on any atom is -0.466 e. The summed E-state index contributed by atoms with van der Waals surface area (Å²) in [5.41, 5.74) is 1.63. The van der Waals surface area contributed by atoms with Crippen molar-refractivity contribution in [2.24, 2.45) is 5.92 Å². The van der Waals surface area contributed by atoms with Gasteiger partial charge in [0.05, 0.1) is 24.2 Å². The number of anilines is 1. The summed E-state index contributed by atoms with van der Waals surface area (Å²) in [4.78, 5) is 26.0. The number of piperidine rings is 1. The SMILES string of the molecule is CCOC(=O)C1CCN(C(=O)/C(C#N)=C\Nc2ccc3cn[nH]c3c2)CC1. The molecule has 27 heavy (non-hydrogen) atoms. The first-order valence-electron chi connectivity index (χ1n) is 8.88. The van der Waals surface area contributed by atoms with Crippen molar-refractivity contribution >= 4 is 28.5 Å². The Labute approximate surface area is 156 Å². The Hall–Kier alpha value is -3.34. The predicted molar refractivity (Wildman–Crippen MR) is 99.3 cm³/mol. The lowest BCUT2D eigenvalue weighted by molar-refractivity contribution is -0.150. The second-order valence-electron chi connectivity index (χ2n) is 6.30. The molecule has 2 aromatic rings. The third-order valence-electron chi connectivity index (χ3n) is 4.58. The van der Waals surface area contributed by atoms with E-state index in [4.69, 9.17) is 4.74 Å². The molecule has 0 spiro atoms. The highest BCUT2D eigenvalue weighted by molar-refractivity contribution is 5.97. The molecule has 1 aromatic heterocycles. The van der Waals surface area contributed by atoms with Crippen LogP contribution in [-0.2, 0) is 14.3 Å². The minimum atomic E-state index is -0.338. The summed E-state index contributed by atoms with van der Waals surface area (Å²) in [6.45, 7) is 3.00. The van der Waals surface area contributed by atoms with E-state index >= 15 is 0 Å². The smallest absolute Gasteiger partial charge is 0.309 e. The quantitative estimate of drug-likeness (QED) is 0.476. The number of nitrogens with zero attached hydrogens (tertiary/aromatic N) is 3. The standard InChI is InChI=1S/C19H21N5O3/c1-2-27-19(26)13-5-7-24(8-6-13)18(25)15(10-20)11-21-16-4-3-14-12-22-23-17(14)9-16/h3-4,9,11-13,21H,2,5-8H2,1H3,(H,22,23)/b15-11-. The number of nitriles is 1. The first-order chi connectivity index (χ1) is 13.1. The van der Waals surface area contributed by atoms with Gasteiger partial charge in [-0.2, -0.15) is 10.4 Å². The molecule has 2 heterocycles. The fourth-order valence-electron chi connectivity index (χ4n) is 3.07. The molecule has 0 unspecified atom stereocenters. The number of carbonyl (C=O) groups is 2. The van der Waals surface area contributed by atoms with Crippen LogP contribution < -0.4 is 5.32 Å². The zero-order valence-electron chi connectivity index (χ0n) is 15.1. The van der Waals surface area contributed by atoms with Crippen LogP contribution >= 0.6 is 0 Å². The van der Waals surface area contributed by atoms with E-state index in [0.29, 0.717) is 32.5 Å². The number of carbonyl (C=O) groups excluding carboxylic acids is 2. The number of nitrogens with one attached hydrogen (secondary N) is 2. The molecule has 1 saturated heterocycles. The van der Waals surface area contributed by atoms with E-state index in [9.17, 15) is 14.9 Å². The summed E-state index contributed by atoms with van der Waals surface area (Å²) in [5.74, 6) is -0.728. The molecule has 8 heteroatoms. The average Bonchev–Trinajstić information content (AvgIpc) is 3.16. The Morgan fingerprint density at radius 2 is 2.22 bits per heavy atom. The first kappa shape index (κ1) is 18.5. The van der Waals surface area contributed by atoms with Crippen molar-refractivity contribution < 1.29 is 14.3 Å². The Morgan fingerprint density at radius 3 is 2.93 bits per heavy atom. The summed E-state index contributed by atoms with van der Waals surface area (Å²) in [5, 5.41) is 20.2. The molecule has 8 nitrogen and oxygen atoms in total. The van der Waals surface area contributed by atoms with Gasteiger partial charge in [0.25, 0.3) is 5.91 Å². The fraction of sp³-hybridized carbons (Fsp3) is 0.368. The molecule has 140 valence electrons. The van der Waals surface area contributed by atoms with Gasteiger partial charge in [-0.05, 0) is 38.0 Å². The normalized spacial score (nSPS) is 15.4. The number of ether oxygens (including phenoxy) is 1. The monoisotopic (exact) mass is 367 g/mol.